The van der Waals surface area contributed by atoms with Crippen molar-refractivity contribution in [1.29, 1.82) is 0 Å². The van der Waals surface area contributed by atoms with Gasteiger partial charge in [0.1, 0.15) is 0 Å². The molecule has 13 heavy (non-hydrogen) atoms. The zero-order valence-electron chi connectivity index (χ0n) is 7.67. The van der Waals surface area contributed by atoms with Crippen molar-refractivity contribution in [2.45, 2.75) is 5.25 Å². The molecule has 0 aromatic carbocycles. The summed E-state index contributed by atoms with van der Waals surface area (Å²) in [6, 6.07) is 0. The molecule has 1 nitrogen and oxygen atoms in total. The normalized spacial score (nSPS) is 23.9. The zero-order valence-corrected chi connectivity index (χ0v) is 10.1. The van der Waals surface area contributed by atoms with Crippen LogP contribution in [-0.4, -0.2) is 41.5 Å². The molecule has 0 radical (unpaired) electrons. The van der Waals surface area contributed by atoms with E-state index >= 15 is 0 Å². The highest BCUT2D eigenvalue weighted by atomic mass is 35.5. The number of hydrogen-bond donors (Lipinski definition) is 1. The summed E-state index contributed by atoms with van der Waals surface area (Å²) in [7, 11) is 0. The van der Waals surface area contributed by atoms with Crippen LogP contribution in [0.15, 0.2) is 12.2 Å². The SMILES string of the molecule is ClC/C=C/CNCC1CSCCS1. The highest BCUT2D eigenvalue weighted by molar-refractivity contribution is 8.06. The summed E-state index contributed by atoms with van der Waals surface area (Å²) < 4.78 is 0. The summed E-state index contributed by atoms with van der Waals surface area (Å²) in [5.74, 6) is 4.56. The molecule has 1 heterocycles. The first kappa shape index (κ1) is 11.8. The Kier molecular flexibility index (Phi) is 7.27. The van der Waals surface area contributed by atoms with Crippen LogP contribution in [0.2, 0.25) is 0 Å². The topological polar surface area (TPSA) is 12.0 Å². The van der Waals surface area contributed by atoms with Crippen LogP contribution in [0, 0.1) is 0 Å². The number of rotatable bonds is 5. The third-order valence-electron chi connectivity index (χ3n) is 1.77. The van der Waals surface area contributed by atoms with Gasteiger partial charge in [0.25, 0.3) is 0 Å². The molecule has 1 fully saturated rings. The van der Waals surface area contributed by atoms with Gasteiger partial charge in [-0.05, 0) is 0 Å². The summed E-state index contributed by atoms with van der Waals surface area (Å²) in [4.78, 5) is 0. The van der Waals surface area contributed by atoms with Crippen molar-refractivity contribution in [1.82, 2.24) is 5.32 Å². The lowest BCUT2D eigenvalue weighted by Gasteiger charge is -2.20. The lowest BCUT2D eigenvalue weighted by Crippen LogP contribution is -2.29. The predicted octanol–water partition coefficient (Wildman–Crippen LogP) is 2.22. The predicted molar refractivity (Wildman–Crippen MR) is 66.3 cm³/mol. The fourth-order valence-electron chi connectivity index (χ4n) is 1.13. The molecule has 1 atom stereocenters. The second-order valence-electron chi connectivity index (χ2n) is 2.85. The molecular weight excluding hydrogens is 222 g/mol. The van der Waals surface area contributed by atoms with E-state index in [0.29, 0.717) is 5.88 Å². The van der Waals surface area contributed by atoms with Gasteiger partial charge in [-0.25, -0.2) is 0 Å². The number of hydrogen-bond acceptors (Lipinski definition) is 3. The maximum atomic E-state index is 5.51. The van der Waals surface area contributed by atoms with Gasteiger partial charge < -0.3 is 5.32 Å². The Hall–Kier alpha value is 0.690. The van der Waals surface area contributed by atoms with Gasteiger partial charge in [0.05, 0.1) is 0 Å². The Labute approximate surface area is 94.1 Å². The van der Waals surface area contributed by atoms with Gasteiger partial charge in [0, 0.05) is 41.5 Å². The fourth-order valence-corrected chi connectivity index (χ4v) is 3.90. The number of allylic oxidation sites excluding steroid dienone is 1. The van der Waals surface area contributed by atoms with Crippen LogP contribution in [0.25, 0.3) is 0 Å². The molecule has 76 valence electrons. The number of nitrogens with one attached hydrogen (secondary N) is 1. The molecule has 1 unspecified atom stereocenters. The highest BCUT2D eigenvalue weighted by Gasteiger charge is 2.12. The Morgan fingerprint density at radius 3 is 3.00 bits per heavy atom. The largest absolute Gasteiger partial charge is 0.312 e. The average molecular weight is 238 g/mol. The minimum Gasteiger partial charge on any atom is -0.312 e. The minimum absolute atomic E-state index is 0.621. The monoisotopic (exact) mass is 237 g/mol. The Bertz CT molecular complexity index is 147. The molecule has 1 N–H and O–H groups in total. The van der Waals surface area contributed by atoms with Gasteiger partial charge in [-0.3, -0.25) is 0 Å². The molecule has 1 aliphatic rings. The van der Waals surface area contributed by atoms with E-state index in [1.165, 1.54) is 17.3 Å². The molecule has 1 aliphatic heterocycles. The van der Waals surface area contributed by atoms with Crippen LogP contribution in [0.5, 0.6) is 0 Å². The van der Waals surface area contributed by atoms with Crippen molar-refractivity contribution in [3.63, 3.8) is 0 Å². The van der Waals surface area contributed by atoms with Crippen LogP contribution < -0.4 is 5.32 Å². The summed E-state index contributed by atoms with van der Waals surface area (Å²) in [5, 5.41) is 4.22. The second kappa shape index (κ2) is 8.04. The van der Waals surface area contributed by atoms with E-state index in [9.17, 15) is 0 Å². The molecule has 0 aromatic rings. The van der Waals surface area contributed by atoms with Crippen LogP contribution in [0.4, 0.5) is 0 Å². The molecule has 0 amide bonds. The highest BCUT2D eigenvalue weighted by Crippen LogP contribution is 2.23. The number of thioether (sulfide) groups is 2. The number of halogens is 1. The first-order chi connectivity index (χ1) is 6.43. The molecule has 0 aliphatic carbocycles. The standard InChI is InChI=1S/C9H16ClNS2/c10-3-1-2-4-11-7-9-8-12-5-6-13-9/h1-2,9,11H,3-8H2/b2-1+. The summed E-state index contributed by atoms with van der Waals surface area (Å²) in [6.07, 6.45) is 4.07. The van der Waals surface area contributed by atoms with Gasteiger partial charge in [0.2, 0.25) is 0 Å². The fraction of sp³-hybridized carbons (Fsp3) is 0.778. The molecule has 0 saturated carbocycles. The third kappa shape index (κ3) is 5.89. The lowest BCUT2D eigenvalue weighted by molar-refractivity contribution is 0.742. The van der Waals surface area contributed by atoms with Crippen LogP contribution >= 0.6 is 35.1 Å². The van der Waals surface area contributed by atoms with Gasteiger partial charge in [-0.15, -0.1) is 11.6 Å². The maximum Gasteiger partial charge on any atom is 0.0404 e. The first-order valence-corrected chi connectivity index (χ1v) is 7.28. The van der Waals surface area contributed by atoms with Crippen molar-refractivity contribution in [2.75, 3.05) is 36.2 Å². The molecule has 1 rings (SSSR count). The van der Waals surface area contributed by atoms with Crippen LogP contribution in [0.1, 0.15) is 0 Å². The van der Waals surface area contributed by atoms with E-state index in [1.54, 1.807) is 0 Å². The second-order valence-corrected chi connectivity index (χ2v) is 5.72. The van der Waals surface area contributed by atoms with Crippen LogP contribution in [-0.2, 0) is 0 Å². The first-order valence-electron chi connectivity index (χ1n) is 4.54. The minimum atomic E-state index is 0.621. The Balaban J connectivity index is 1.95. The van der Waals surface area contributed by atoms with Crippen LogP contribution in [0.3, 0.4) is 0 Å². The molecule has 1 saturated heterocycles. The Morgan fingerprint density at radius 1 is 1.38 bits per heavy atom. The smallest absolute Gasteiger partial charge is 0.0404 e. The van der Waals surface area contributed by atoms with Crippen molar-refractivity contribution in [3.05, 3.63) is 12.2 Å². The summed E-state index contributed by atoms with van der Waals surface area (Å²) in [6.45, 7) is 2.08. The van der Waals surface area contributed by atoms with Gasteiger partial charge in [0.15, 0.2) is 0 Å². The molecular formula is C9H16ClNS2. The summed E-state index contributed by atoms with van der Waals surface area (Å²) in [5.41, 5.74) is 0. The quantitative estimate of drug-likeness (QED) is 0.448. The van der Waals surface area contributed by atoms with Gasteiger partial charge in [-0.2, -0.15) is 23.5 Å². The Morgan fingerprint density at radius 2 is 2.31 bits per heavy atom. The lowest BCUT2D eigenvalue weighted by atomic mass is 10.4. The molecule has 4 heteroatoms. The summed E-state index contributed by atoms with van der Waals surface area (Å²) >= 11 is 9.67. The van der Waals surface area contributed by atoms with E-state index in [4.69, 9.17) is 11.6 Å². The van der Waals surface area contributed by atoms with Crippen molar-refractivity contribution >= 4 is 35.1 Å². The maximum absolute atomic E-state index is 5.51. The molecule has 0 spiro atoms. The van der Waals surface area contributed by atoms with Crippen molar-refractivity contribution < 1.29 is 0 Å². The van der Waals surface area contributed by atoms with E-state index in [0.717, 1.165) is 18.3 Å². The average Bonchev–Trinajstić information content (AvgIpc) is 2.19. The zero-order chi connectivity index (χ0) is 9.36. The van der Waals surface area contributed by atoms with E-state index in [1.807, 2.05) is 6.08 Å². The van der Waals surface area contributed by atoms with E-state index < -0.39 is 0 Å². The van der Waals surface area contributed by atoms with Crippen molar-refractivity contribution in [3.8, 4) is 0 Å². The van der Waals surface area contributed by atoms with E-state index in [2.05, 4.69) is 34.9 Å². The van der Waals surface area contributed by atoms with Gasteiger partial charge in [-0.1, -0.05) is 12.2 Å². The number of alkyl halides is 1. The molecule has 0 aromatic heterocycles. The molecule has 0 bridgehead atoms. The van der Waals surface area contributed by atoms with E-state index in [-0.39, 0.29) is 0 Å². The van der Waals surface area contributed by atoms with Gasteiger partial charge >= 0.3 is 0 Å². The van der Waals surface area contributed by atoms with Crippen molar-refractivity contribution in [2.24, 2.45) is 0 Å². The third-order valence-corrected chi connectivity index (χ3v) is 4.80.